The van der Waals surface area contributed by atoms with Crippen LogP contribution in [0.4, 0.5) is 5.69 Å². The number of fused-ring (bicyclic) bond motifs is 1. The fraction of sp³-hybridized carbons (Fsp3) is 0.474. The molecule has 0 N–H and O–H groups in total. The van der Waals surface area contributed by atoms with E-state index in [9.17, 15) is 0 Å². The highest BCUT2D eigenvalue weighted by atomic mass is 16.5. The summed E-state index contributed by atoms with van der Waals surface area (Å²) in [5.41, 5.74) is 2.10. The van der Waals surface area contributed by atoms with Crippen LogP contribution in [0.2, 0.25) is 0 Å². The van der Waals surface area contributed by atoms with Gasteiger partial charge in [0.25, 0.3) is 0 Å². The van der Waals surface area contributed by atoms with Crippen molar-refractivity contribution in [1.29, 1.82) is 0 Å². The number of anilines is 1. The summed E-state index contributed by atoms with van der Waals surface area (Å²) in [6.07, 6.45) is 4.92. The van der Waals surface area contributed by atoms with Crippen molar-refractivity contribution in [3.63, 3.8) is 0 Å². The third-order valence-corrected chi connectivity index (χ3v) is 5.31. The van der Waals surface area contributed by atoms with E-state index in [-0.39, 0.29) is 0 Å². The standard InChI is InChI=1S/C19H23N5O2/c1-2-17(26-9-1)14-22-6-5-15(12-22)19-20-18-4-3-16(13-24(18)21-19)23-7-10-25-11-8-23/h1-4,9,13,15H,5-8,10-12,14H2/t15-/m0/s1. The average Bonchev–Trinajstić information content (AvgIpc) is 3.42. The summed E-state index contributed by atoms with van der Waals surface area (Å²) in [7, 11) is 0. The fourth-order valence-electron chi connectivity index (χ4n) is 3.88. The Balaban J connectivity index is 1.31. The first-order valence-electron chi connectivity index (χ1n) is 9.29. The van der Waals surface area contributed by atoms with Crippen LogP contribution < -0.4 is 4.90 Å². The van der Waals surface area contributed by atoms with Crippen molar-refractivity contribution >= 4 is 11.3 Å². The van der Waals surface area contributed by atoms with Crippen LogP contribution in [0, 0.1) is 0 Å². The molecule has 1 atom stereocenters. The summed E-state index contributed by atoms with van der Waals surface area (Å²) in [4.78, 5) is 9.52. The van der Waals surface area contributed by atoms with Gasteiger partial charge in [-0.15, -0.1) is 0 Å². The molecule has 5 heterocycles. The van der Waals surface area contributed by atoms with Crippen molar-refractivity contribution in [3.8, 4) is 0 Å². The zero-order chi connectivity index (χ0) is 17.3. The van der Waals surface area contributed by atoms with Gasteiger partial charge in [-0.05, 0) is 37.2 Å². The number of morpholine rings is 1. The van der Waals surface area contributed by atoms with E-state index in [0.717, 1.165) is 69.6 Å². The lowest BCUT2D eigenvalue weighted by molar-refractivity contribution is 0.122. The van der Waals surface area contributed by atoms with E-state index in [0.29, 0.717) is 5.92 Å². The third kappa shape index (κ3) is 3.08. The van der Waals surface area contributed by atoms with E-state index in [4.69, 9.17) is 19.2 Å². The summed E-state index contributed by atoms with van der Waals surface area (Å²) in [6.45, 7) is 6.32. The average molecular weight is 353 g/mol. The van der Waals surface area contributed by atoms with Crippen molar-refractivity contribution in [2.45, 2.75) is 18.9 Å². The van der Waals surface area contributed by atoms with Crippen LogP contribution in [0.15, 0.2) is 41.1 Å². The van der Waals surface area contributed by atoms with Gasteiger partial charge in [-0.3, -0.25) is 4.90 Å². The van der Waals surface area contributed by atoms with Crippen molar-refractivity contribution in [2.24, 2.45) is 0 Å². The molecular weight excluding hydrogens is 330 g/mol. The van der Waals surface area contributed by atoms with Gasteiger partial charge >= 0.3 is 0 Å². The minimum atomic E-state index is 0.386. The Hall–Kier alpha value is -2.38. The highest BCUT2D eigenvalue weighted by Gasteiger charge is 2.27. The molecule has 2 aliphatic rings. The number of likely N-dealkylation sites (tertiary alicyclic amines) is 1. The number of rotatable bonds is 4. The molecule has 5 rings (SSSR count). The maximum absolute atomic E-state index is 5.46. The first-order valence-corrected chi connectivity index (χ1v) is 9.29. The normalized spacial score (nSPS) is 21.7. The van der Waals surface area contributed by atoms with Crippen molar-refractivity contribution in [2.75, 3.05) is 44.3 Å². The molecule has 0 aromatic carbocycles. The van der Waals surface area contributed by atoms with E-state index in [1.54, 1.807) is 6.26 Å². The summed E-state index contributed by atoms with van der Waals surface area (Å²) < 4.78 is 12.8. The summed E-state index contributed by atoms with van der Waals surface area (Å²) in [5, 5.41) is 4.78. The number of furan rings is 1. The Morgan fingerprint density at radius 1 is 1.12 bits per heavy atom. The van der Waals surface area contributed by atoms with E-state index in [1.165, 1.54) is 5.69 Å². The number of nitrogens with zero attached hydrogens (tertiary/aromatic N) is 5. The number of hydrogen-bond donors (Lipinski definition) is 0. The summed E-state index contributed by atoms with van der Waals surface area (Å²) >= 11 is 0. The fourth-order valence-corrected chi connectivity index (χ4v) is 3.88. The molecule has 7 nitrogen and oxygen atoms in total. The molecular formula is C19H23N5O2. The number of hydrogen-bond acceptors (Lipinski definition) is 6. The highest BCUT2D eigenvalue weighted by Crippen LogP contribution is 2.27. The monoisotopic (exact) mass is 353 g/mol. The Bertz CT molecular complexity index is 869. The SMILES string of the molecule is c1coc(CN2CC[C@H](c3nc4ccc(N5CCOCC5)cn4n3)C2)c1. The van der Waals surface area contributed by atoms with E-state index in [1.807, 2.05) is 16.6 Å². The molecule has 0 spiro atoms. The van der Waals surface area contributed by atoms with Crippen LogP contribution in [-0.4, -0.2) is 58.9 Å². The minimum absolute atomic E-state index is 0.386. The molecule has 7 heteroatoms. The van der Waals surface area contributed by atoms with Crippen LogP contribution >= 0.6 is 0 Å². The molecule has 0 aliphatic carbocycles. The molecule has 2 fully saturated rings. The van der Waals surface area contributed by atoms with Gasteiger partial charge in [0.2, 0.25) is 0 Å². The Labute approximate surface area is 152 Å². The largest absolute Gasteiger partial charge is 0.468 e. The number of ether oxygens (including phenoxy) is 1. The van der Waals surface area contributed by atoms with E-state index in [2.05, 4.69) is 28.1 Å². The van der Waals surface area contributed by atoms with Gasteiger partial charge in [-0.2, -0.15) is 5.10 Å². The molecule has 2 saturated heterocycles. The number of pyridine rings is 1. The predicted octanol–water partition coefficient (Wildman–Crippen LogP) is 2.15. The van der Waals surface area contributed by atoms with Gasteiger partial charge < -0.3 is 14.1 Å². The first-order chi connectivity index (χ1) is 12.8. The zero-order valence-electron chi connectivity index (χ0n) is 14.8. The van der Waals surface area contributed by atoms with Crippen molar-refractivity contribution < 1.29 is 9.15 Å². The second-order valence-corrected chi connectivity index (χ2v) is 7.06. The Morgan fingerprint density at radius 3 is 2.88 bits per heavy atom. The predicted molar refractivity (Wildman–Crippen MR) is 97.4 cm³/mol. The second-order valence-electron chi connectivity index (χ2n) is 7.06. The van der Waals surface area contributed by atoms with Gasteiger partial charge in [0.1, 0.15) is 5.76 Å². The topological polar surface area (TPSA) is 59.0 Å². The Kier molecular flexibility index (Phi) is 4.10. The van der Waals surface area contributed by atoms with Crippen LogP contribution in [0.1, 0.15) is 23.9 Å². The maximum atomic E-state index is 5.46. The van der Waals surface area contributed by atoms with Gasteiger partial charge in [-0.25, -0.2) is 9.50 Å². The molecule has 26 heavy (non-hydrogen) atoms. The molecule has 136 valence electrons. The van der Waals surface area contributed by atoms with E-state index >= 15 is 0 Å². The molecule has 0 unspecified atom stereocenters. The Morgan fingerprint density at radius 2 is 2.04 bits per heavy atom. The lowest BCUT2D eigenvalue weighted by Gasteiger charge is -2.28. The quantitative estimate of drug-likeness (QED) is 0.716. The molecule has 2 aliphatic heterocycles. The lowest BCUT2D eigenvalue weighted by Crippen LogP contribution is -2.36. The second kappa shape index (κ2) is 6.74. The van der Waals surface area contributed by atoms with Crippen LogP contribution in [0.5, 0.6) is 0 Å². The van der Waals surface area contributed by atoms with Crippen LogP contribution in [-0.2, 0) is 11.3 Å². The number of aromatic nitrogens is 3. The lowest BCUT2D eigenvalue weighted by atomic mass is 10.1. The van der Waals surface area contributed by atoms with Crippen LogP contribution in [0.3, 0.4) is 0 Å². The first kappa shape index (κ1) is 15.8. The zero-order valence-corrected chi connectivity index (χ0v) is 14.8. The van der Waals surface area contributed by atoms with Gasteiger partial charge in [0, 0.05) is 25.6 Å². The van der Waals surface area contributed by atoms with Gasteiger partial charge in [-0.1, -0.05) is 0 Å². The van der Waals surface area contributed by atoms with Gasteiger partial charge in [0.15, 0.2) is 11.5 Å². The molecule has 3 aromatic heterocycles. The minimum Gasteiger partial charge on any atom is -0.468 e. The summed E-state index contributed by atoms with van der Waals surface area (Å²) in [6, 6.07) is 8.18. The van der Waals surface area contributed by atoms with Crippen LogP contribution in [0.25, 0.3) is 5.65 Å². The molecule has 0 saturated carbocycles. The van der Waals surface area contributed by atoms with Crippen molar-refractivity contribution in [3.05, 3.63) is 48.3 Å². The molecule has 0 radical (unpaired) electrons. The molecule has 0 bridgehead atoms. The summed E-state index contributed by atoms with van der Waals surface area (Å²) in [5.74, 6) is 2.35. The van der Waals surface area contributed by atoms with E-state index < -0.39 is 0 Å². The molecule has 0 amide bonds. The third-order valence-electron chi connectivity index (χ3n) is 5.31. The highest BCUT2D eigenvalue weighted by molar-refractivity contribution is 5.51. The van der Waals surface area contributed by atoms with Crippen molar-refractivity contribution in [1.82, 2.24) is 19.5 Å². The maximum Gasteiger partial charge on any atom is 0.156 e. The van der Waals surface area contributed by atoms with Gasteiger partial charge in [0.05, 0.1) is 37.9 Å². The smallest absolute Gasteiger partial charge is 0.156 e. The molecule has 3 aromatic rings.